The lowest BCUT2D eigenvalue weighted by molar-refractivity contribution is -0.0435. The van der Waals surface area contributed by atoms with Gasteiger partial charge in [-0.3, -0.25) is 0 Å². The molecule has 0 fully saturated rings. The molecule has 1 rings (SSSR count). The zero-order valence-electron chi connectivity index (χ0n) is 11.2. The lowest BCUT2D eigenvalue weighted by atomic mass is 10.3. The standard InChI is InChI=1S/C13H16F3NO3S/c1-2-3-9-20-10-8-17-11-6-4-5-7-12(11)21(18,19)13(14,15)16/h2,4-7,17H,1,3,8-10H2. The monoisotopic (exact) mass is 323 g/mol. The molecule has 0 aliphatic rings. The molecule has 0 aliphatic carbocycles. The highest BCUT2D eigenvalue weighted by molar-refractivity contribution is 7.92. The van der Waals surface area contributed by atoms with Gasteiger partial charge in [0.1, 0.15) is 0 Å². The molecule has 1 aromatic carbocycles. The lowest BCUT2D eigenvalue weighted by Gasteiger charge is -2.14. The number of hydrogen-bond acceptors (Lipinski definition) is 4. The van der Waals surface area contributed by atoms with Gasteiger partial charge in [-0.1, -0.05) is 18.2 Å². The van der Waals surface area contributed by atoms with Crippen LogP contribution in [0.1, 0.15) is 6.42 Å². The Morgan fingerprint density at radius 2 is 1.90 bits per heavy atom. The molecule has 0 unspecified atom stereocenters. The Bertz CT molecular complexity index is 570. The highest BCUT2D eigenvalue weighted by Gasteiger charge is 2.47. The maximum Gasteiger partial charge on any atom is 0.501 e. The Kier molecular flexibility index (Phi) is 6.22. The second-order valence-electron chi connectivity index (χ2n) is 4.06. The third kappa shape index (κ3) is 4.75. The quantitative estimate of drug-likeness (QED) is 0.590. The third-order valence-corrected chi connectivity index (χ3v) is 4.05. The molecular formula is C13H16F3NO3S. The van der Waals surface area contributed by atoms with Crippen LogP contribution < -0.4 is 5.32 Å². The first-order chi connectivity index (χ1) is 9.80. The van der Waals surface area contributed by atoms with Gasteiger partial charge in [0.25, 0.3) is 9.84 Å². The molecule has 0 atom stereocenters. The fraction of sp³-hybridized carbons (Fsp3) is 0.385. The van der Waals surface area contributed by atoms with Gasteiger partial charge in [-0.2, -0.15) is 13.2 Å². The molecule has 4 nitrogen and oxygen atoms in total. The van der Waals surface area contributed by atoms with Crippen LogP contribution in [0.4, 0.5) is 18.9 Å². The van der Waals surface area contributed by atoms with Crippen LogP contribution in [0.5, 0.6) is 0 Å². The van der Waals surface area contributed by atoms with Gasteiger partial charge in [0.05, 0.1) is 23.8 Å². The number of alkyl halides is 3. The van der Waals surface area contributed by atoms with Crippen LogP contribution in [0.15, 0.2) is 41.8 Å². The van der Waals surface area contributed by atoms with E-state index in [-0.39, 0.29) is 18.8 Å². The van der Waals surface area contributed by atoms with E-state index in [1.807, 2.05) is 0 Å². The highest BCUT2D eigenvalue weighted by atomic mass is 32.2. The molecule has 21 heavy (non-hydrogen) atoms. The van der Waals surface area contributed by atoms with Crippen molar-refractivity contribution in [3.63, 3.8) is 0 Å². The summed E-state index contributed by atoms with van der Waals surface area (Å²) in [5, 5.41) is 2.64. The van der Waals surface area contributed by atoms with Crippen LogP contribution in [0.25, 0.3) is 0 Å². The van der Waals surface area contributed by atoms with Crippen LogP contribution >= 0.6 is 0 Å². The van der Waals surface area contributed by atoms with Crippen molar-refractivity contribution in [2.45, 2.75) is 16.8 Å². The minimum atomic E-state index is -5.37. The fourth-order valence-electron chi connectivity index (χ4n) is 1.50. The number of rotatable bonds is 8. The van der Waals surface area contributed by atoms with Gasteiger partial charge >= 0.3 is 5.51 Å². The first kappa shape index (κ1) is 17.5. The predicted molar refractivity (Wildman–Crippen MR) is 73.8 cm³/mol. The molecule has 1 N–H and O–H groups in total. The largest absolute Gasteiger partial charge is 0.501 e. The van der Waals surface area contributed by atoms with E-state index >= 15 is 0 Å². The number of sulfone groups is 1. The van der Waals surface area contributed by atoms with Gasteiger partial charge in [-0.25, -0.2) is 8.42 Å². The molecule has 118 valence electrons. The molecule has 0 saturated carbocycles. The molecule has 0 heterocycles. The first-order valence-electron chi connectivity index (χ1n) is 6.13. The van der Waals surface area contributed by atoms with Crippen molar-refractivity contribution < 1.29 is 26.3 Å². The summed E-state index contributed by atoms with van der Waals surface area (Å²) in [5.41, 5.74) is -5.42. The van der Waals surface area contributed by atoms with Crippen molar-refractivity contribution >= 4 is 15.5 Å². The Morgan fingerprint density at radius 3 is 2.52 bits per heavy atom. The zero-order chi connectivity index (χ0) is 15.9. The van der Waals surface area contributed by atoms with Crippen LogP contribution in [0, 0.1) is 0 Å². The number of hydrogen-bond donors (Lipinski definition) is 1. The van der Waals surface area contributed by atoms with Gasteiger partial charge < -0.3 is 10.1 Å². The summed E-state index contributed by atoms with van der Waals surface area (Å²) < 4.78 is 65.8. The number of para-hydroxylation sites is 1. The molecule has 0 saturated heterocycles. The number of benzene rings is 1. The van der Waals surface area contributed by atoms with Crippen molar-refractivity contribution in [3.8, 4) is 0 Å². The molecule has 1 aromatic rings. The van der Waals surface area contributed by atoms with Gasteiger partial charge in [0.15, 0.2) is 0 Å². The minimum absolute atomic E-state index is 0.0952. The van der Waals surface area contributed by atoms with E-state index in [1.54, 1.807) is 6.08 Å². The maximum atomic E-state index is 12.6. The van der Waals surface area contributed by atoms with E-state index < -0.39 is 20.2 Å². The third-order valence-electron chi connectivity index (χ3n) is 2.51. The van der Waals surface area contributed by atoms with Crippen molar-refractivity contribution in [2.75, 3.05) is 25.1 Å². The maximum absolute atomic E-state index is 12.6. The molecule has 0 amide bonds. The van der Waals surface area contributed by atoms with Gasteiger partial charge in [0.2, 0.25) is 0 Å². The number of anilines is 1. The van der Waals surface area contributed by atoms with E-state index in [2.05, 4.69) is 11.9 Å². The minimum Gasteiger partial charge on any atom is -0.382 e. The van der Waals surface area contributed by atoms with Crippen molar-refractivity contribution in [1.82, 2.24) is 0 Å². The summed E-state index contributed by atoms with van der Waals surface area (Å²) >= 11 is 0. The van der Waals surface area contributed by atoms with E-state index in [1.165, 1.54) is 18.2 Å². The summed E-state index contributed by atoms with van der Waals surface area (Å²) in [5.74, 6) is 0. The summed E-state index contributed by atoms with van der Waals surface area (Å²) in [6.45, 7) is 4.41. The Hall–Kier alpha value is -1.54. The number of halogens is 3. The molecule has 0 aromatic heterocycles. The van der Waals surface area contributed by atoms with Crippen molar-refractivity contribution in [1.29, 1.82) is 0 Å². The summed E-state index contributed by atoms with van der Waals surface area (Å²) in [6.07, 6.45) is 2.34. The number of ether oxygens (including phenoxy) is 1. The molecule has 0 aliphatic heterocycles. The predicted octanol–water partition coefficient (Wildman–Crippen LogP) is 2.98. The Morgan fingerprint density at radius 1 is 1.24 bits per heavy atom. The lowest BCUT2D eigenvalue weighted by Crippen LogP contribution is -2.24. The van der Waals surface area contributed by atoms with Gasteiger partial charge in [-0.15, -0.1) is 6.58 Å². The van der Waals surface area contributed by atoms with E-state index in [0.29, 0.717) is 13.0 Å². The summed E-state index contributed by atoms with van der Waals surface area (Å²) in [7, 11) is -5.37. The van der Waals surface area contributed by atoms with E-state index in [9.17, 15) is 21.6 Å². The van der Waals surface area contributed by atoms with Gasteiger partial charge in [-0.05, 0) is 18.6 Å². The Balaban J connectivity index is 2.75. The summed E-state index contributed by atoms with van der Waals surface area (Å²) in [4.78, 5) is -0.788. The van der Waals surface area contributed by atoms with Crippen molar-refractivity contribution in [2.24, 2.45) is 0 Å². The van der Waals surface area contributed by atoms with E-state index in [4.69, 9.17) is 4.74 Å². The summed E-state index contributed by atoms with van der Waals surface area (Å²) in [6, 6.07) is 4.90. The van der Waals surface area contributed by atoms with Crippen molar-refractivity contribution in [3.05, 3.63) is 36.9 Å². The second kappa shape index (κ2) is 7.46. The molecule has 0 radical (unpaired) electrons. The number of nitrogens with one attached hydrogen (secondary N) is 1. The smallest absolute Gasteiger partial charge is 0.382 e. The highest BCUT2D eigenvalue weighted by Crippen LogP contribution is 2.34. The average Bonchev–Trinajstić information content (AvgIpc) is 2.42. The molecule has 0 spiro atoms. The first-order valence-corrected chi connectivity index (χ1v) is 7.62. The second-order valence-corrected chi connectivity index (χ2v) is 5.97. The molecule has 0 bridgehead atoms. The normalized spacial score (nSPS) is 12.1. The molecular weight excluding hydrogens is 307 g/mol. The van der Waals surface area contributed by atoms with E-state index in [0.717, 1.165) is 6.07 Å². The Labute approximate surface area is 121 Å². The van der Waals surface area contributed by atoms with Crippen LogP contribution in [0.3, 0.4) is 0 Å². The van der Waals surface area contributed by atoms with Crippen LogP contribution in [0.2, 0.25) is 0 Å². The van der Waals surface area contributed by atoms with Crippen LogP contribution in [-0.4, -0.2) is 33.7 Å². The van der Waals surface area contributed by atoms with Gasteiger partial charge in [0, 0.05) is 6.54 Å². The zero-order valence-corrected chi connectivity index (χ0v) is 12.0. The van der Waals surface area contributed by atoms with Crippen LogP contribution in [-0.2, 0) is 14.6 Å². The molecule has 8 heteroatoms. The topological polar surface area (TPSA) is 55.4 Å². The SMILES string of the molecule is C=CCCOCCNc1ccccc1S(=O)(=O)C(F)(F)F. The fourth-order valence-corrected chi connectivity index (χ4v) is 2.44. The average molecular weight is 323 g/mol.